The molecule has 0 aromatic rings. The van der Waals surface area contributed by atoms with Crippen LogP contribution in [0.1, 0.15) is 73.6 Å². The van der Waals surface area contributed by atoms with Gasteiger partial charge in [0.2, 0.25) is 0 Å². The summed E-state index contributed by atoms with van der Waals surface area (Å²) in [5, 5.41) is 9.45. The fraction of sp³-hybridized carbons (Fsp3) is 0.522. The van der Waals surface area contributed by atoms with Crippen LogP contribution in [-0.2, 0) is 0 Å². The van der Waals surface area contributed by atoms with Gasteiger partial charge in [-0.15, -0.1) is 0 Å². The topological polar surface area (TPSA) is 23.8 Å². The quantitative estimate of drug-likeness (QED) is 0.187. The maximum atomic E-state index is 9.45. The Morgan fingerprint density at radius 1 is 1.08 bits per heavy atom. The van der Waals surface area contributed by atoms with Crippen LogP contribution in [0.2, 0.25) is 0 Å². The van der Waals surface area contributed by atoms with Gasteiger partial charge in [-0.1, -0.05) is 63.3 Å². The second-order valence-corrected chi connectivity index (χ2v) is 7.86. The Kier molecular flexibility index (Phi) is 10.0. The van der Waals surface area contributed by atoms with E-state index < -0.39 is 0 Å². The first-order valence-corrected chi connectivity index (χ1v) is 8.87. The van der Waals surface area contributed by atoms with Gasteiger partial charge in [0.15, 0.2) is 0 Å². The van der Waals surface area contributed by atoms with Crippen molar-refractivity contribution in [3.8, 4) is 6.07 Å². The average Bonchev–Trinajstić information content (AvgIpc) is 2.42. The molecule has 1 nitrogen and oxygen atoms in total. The zero-order valence-electron chi connectivity index (χ0n) is 16.6. The molecule has 0 aromatic carbocycles. The number of nitrogens with zero attached hydrogens (tertiary/aromatic N) is 1. The molecule has 1 heteroatoms. The first-order valence-electron chi connectivity index (χ1n) is 8.87. The van der Waals surface area contributed by atoms with Crippen LogP contribution in [0.5, 0.6) is 0 Å². The number of hydrogen-bond donors (Lipinski definition) is 0. The van der Waals surface area contributed by atoms with E-state index in [0.717, 1.165) is 54.4 Å². The minimum absolute atomic E-state index is 0.311. The van der Waals surface area contributed by atoms with E-state index in [9.17, 15) is 5.26 Å². The Morgan fingerprint density at radius 3 is 2.17 bits per heavy atom. The maximum absolute atomic E-state index is 9.45. The highest BCUT2D eigenvalue weighted by Gasteiger charge is 2.12. The molecule has 0 aromatic heterocycles. The molecule has 0 heterocycles. The van der Waals surface area contributed by atoms with Crippen molar-refractivity contribution in [2.45, 2.75) is 73.6 Å². The Hall–Kier alpha value is -1.81. The summed E-state index contributed by atoms with van der Waals surface area (Å²) in [7, 11) is 0. The standard InChI is InChI=1S/C23H35N/c1-9-12-18(2)15-21(5)22(17-24)20(4)14-11-10-13-19(3)16-23(6,7)8/h9,12,15H,3-4,10-11,13-14,16H2,1-2,5-8H3/b12-9-,18-15-,22-21+. The van der Waals surface area contributed by atoms with Crippen LogP contribution >= 0.6 is 0 Å². The summed E-state index contributed by atoms with van der Waals surface area (Å²) in [4.78, 5) is 0. The summed E-state index contributed by atoms with van der Waals surface area (Å²) >= 11 is 0. The number of rotatable bonds is 9. The second-order valence-electron chi connectivity index (χ2n) is 7.86. The molecule has 0 rings (SSSR count). The van der Waals surface area contributed by atoms with E-state index in [1.54, 1.807) is 0 Å². The fourth-order valence-corrected chi connectivity index (χ4v) is 2.85. The van der Waals surface area contributed by atoms with Crippen LogP contribution in [-0.4, -0.2) is 0 Å². The van der Waals surface area contributed by atoms with Crippen LogP contribution in [0.15, 0.2) is 59.3 Å². The fourth-order valence-electron chi connectivity index (χ4n) is 2.85. The molecule has 0 aliphatic rings. The Morgan fingerprint density at radius 2 is 1.67 bits per heavy atom. The van der Waals surface area contributed by atoms with Gasteiger partial charge in [0, 0.05) is 0 Å². The lowest BCUT2D eigenvalue weighted by atomic mass is 9.86. The van der Waals surface area contributed by atoms with Crippen molar-refractivity contribution in [3.05, 3.63) is 59.3 Å². The summed E-state index contributed by atoms with van der Waals surface area (Å²) in [6.07, 6.45) is 11.3. The minimum Gasteiger partial charge on any atom is -0.192 e. The summed E-state index contributed by atoms with van der Waals surface area (Å²) in [5.74, 6) is 0. The summed E-state index contributed by atoms with van der Waals surface area (Å²) in [6, 6.07) is 2.32. The van der Waals surface area contributed by atoms with Gasteiger partial charge in [0.25, 0.3) is 0 Å². The van der Waals surface area contributed by atoms with Crippen molar-refractivity contribution in [2.75, 3.05) is 0 Å². The molecule has 0 saturated heterocycles. The molecule has 0 bridgehead atoms. The van der Waals surface area contributed by atoms with Gasteiger partial charge >= 0.3 is 0 Å². The van der Waals surface area contributed by atoms with E-state index in [-0.39, 0.29) is 0 Å². The zero-order valence-corrected chi connectivity index (χ0v) is 16.6. The highest BCUT2D eigenvalue weighted by atomic mass is 14.3. The number of hydrogen-bond acceptors (Lipinski definition) is 1. The third-order valence-electron chi connectivity index (χ3n) is 3.77. The predicted octanol–water partition coefficient (Wildman–Crippen LogP) is 7.46. The molecule has 0 saturated carbocycles. The molecule has 0 aliphatic carbocycles. The van der Waals surface area contributed by atoms with E-state index in [2.05, 4.69) is 46.1 Å². The van der Waals surface area contributed by atoms with E-state index in [1.807, 2.05) is 32.9 Å². The SMILES string of the molecule is C=C(CCCCC(=C)/C(C#N)=C(C)/C=C(C)\C=C/C)CC(C)(C)C. The number of allylic oxidation sites excluding steroid dienone is 8. The lowest BCUT2D eigenvalue weighted by molar-refractivity contribution is 0.403. The molecule has 24 heavy (non-hydrogen) atoms. The molecule has 0 unspecified atom stereocenters. The van der Waals surface area contributed by atoms with Gasteiger partial charge < -0.3 is 0 Å². The molecule has 132 valence electrons. The summed E-state index contributed by atoms with van der Waals surface area (Å²) < 4.78 is 0. The minimum atomic E-state index is 0.311. The van der Waals surface area contributed by atoms with Gasteiger partial charge in [-0.25, -0.2) is 0 Å². The van der Waals surface area contributed by atoms with E-state index in [0.29, 0.717) is 5.41 Å². The predicted molar refractivity (Wildman–Crippen MR) is 108 cm³/mol. The molecule has 0 radical (unpaired) electrons. The van der Waals surface area contributed by atoms with Crippen molar-refractivity contribution in [2.24, 2.45) is 5.41 Å². The van der Waals surface area contributed by atoms with Gasteiger partial charge in [-0.05, 0) is 69.4 Å². The van der Waals surface area contributed by atoms with E-state index >= 15 is 0 Å². The third kappa shape index (κ3) is 10.1. The van der Waals surface area contributed by atoms with Gasteiger partial charge in [-0.2, -0.15) is 5.26 Å². The lowest BCUT2D eigenvalue weighted by Crippen LogP contribution is -2.05. The molecule has 0 spiro atoms. The Bertz CT molecular complexity index is 568. The highest BCUT2D eigenvalue weighted by Crippen LogP contribution is 2.27. The number of nitriles is 1. The van der Waals surface area contributed by atoms with Crippen molar-refractivity contribution in [1.82, 2.24) is 0 Å². The molecule has 0 N–H and O–H groups in total. The molecule has 0 amide bonds. The summed E-state index contributed by atoms with van der Waals surface area (Å²) in [5.41, 5.74) is 5.45. The van der Waals surface area contributed by atoms with Crippen LogP contribution < -0.4 is 0 Å². The highest BCUT2D eigenvalue weighted by molar-refractivity contribution is 5.48. The Labute approximate surface area is 150 Å². The van der Waals surface area contributed by atoms with Crippen LogP contribution in [0.4, 0.5) is 0 Å². The zero-order chi connectivity index (χ0) is 18.8. The van der Waals surface area contributed by atoms with E-state index in [1.165, 1.54) is 5.57 Å². The maximum Gasteiger partial charge on any atom is 0.0997 e. The van der Waals surface area contributed by atoms with Gasteiger partial charge in [-0.3, -0.25) is 0 Å². The van der Waals surface area contributed by atoms with Crippen molar-refractivity contribution >= 4 is 0 Å². The third-order valence-corrected chi connectivity index (χ3v) is 3.77. The van der Waals surface area contributed by atoms with Crippen LogP contribution in [0.3, 0.4) is 0 Å². The first-order chi connectivity index (χ1) is 11.1. The number of unbranched alkanes of at least 4 members (excludes halogenated alkanes) is 1. The normalized spacial score (nSPS) is 13.6. The average molecular weight is 326 g/mol. The molecule has 0 atom stereocenters. The lowest BCUT2D eigenvalue weighted by Gasteiger charge is -2.19. The second kappa shape index (κ2) is 10.9. The smallest absolute Gasteiger partial charge is 0.0997 e. The molecular weight excluding hydrogens is 290 g/mol. The van der Waals surface area contributed by atoms with E-state index in [4.69, 9.17) is 0 Å². The van der Waals surface area contributed by atoms with Crippen molar-refractivity contribution < 1.29 is 0 Å². The Balaban J connectivity index is 4.57. The largest absolute Gasteiger partial charge is 0.192 e. The van der Waals surface area contributed by atoms with Gasteiger partial charge in [0.05, 0.1) is 11.6 Å². The molecular formula is C23H35N. The molecule has 0 aliphatic heterocycles. The summed E-state index contributed by atoms with van der Waals surface area (Å²) in [6.45, 7) is 21.1. The van der Waals surface area contributed by atoms with Crippen molar-refractivity contribution in [1.29, 1.82) is 5.26 Å². The molecule has 0 fully saturated rings. The monoisotopic (exact) mass is 325 g/mol. The van der Waals surface area contributed by atoms with Gasteiger partial charge in [0.1, 0.15) is 0 Å². The van der Waals surface area contributed by atoms with Crippen LogP contribution in [0, 0.1) is 16.7 Å². The first kappa shape index (κ1) is 22.2. The van der Waals surface area contributed by atoms with Crippen molar-refractivity contribution in [3.63, 3.8) is 0 Å². The van der Waals surface area contributed by atoms with Crippen LogP contribution in [0.25, 0.3) is 0 Å².